The lowest BCUT2D eigenvalue weighted by Crippen LogP contribution is -2.46. The van der Waals surface area contributed by atoms with Crippen LogP contribution in [0.1, 0.15) is 20.8 Å². The fourth-order valence-corrected chi connectivity index (χ4v) is 0.756. The minimum Gasteiger partial charge on any atom is -0.369 e. The molecule has 0 rings (SSSR count). The Balaban J connectivity index is 3.76. The van der Waals surface area contributed by atoms with Crippen molar-refractivity contribution < 1.29 is 9.59 Å². The van der Waals surface area contributed by atoms with Crippen LogP contribution in [-0.2, 0) is 9.59 Å². The highest BCUT2D eigenvalue weighted by molar-refractivity contribution is 5.82. The Morgan fingerprint density at radius 2 is 1.85 bits per heavy atom. The molecule has 1 unspecified atom stereocenters. The zero-order valence-electron chi connectivity index (χ0n) is 8.26. The molecule has 0 saturated carbocycles. The molecule has 0 spiro atoms. The first-order valence-corrected chi connectivity index (χ1v) is 4.25. The molecule has 0 aromatic heterocycles. The fraction of sp³-hybridized carbons (Fsp3) is 0.750. The van der Waals surface area contributed by atoms with Crippen molar-refractivity contribution in [3.05, 3.63) is 0 Å². The quantitative estimate of drug-likeness (QED) is 0.515. The van der Waals surface area contributed by atoms with Crippen LogP contribution in [0.15, 0.2) is 0 Å². The van der Waals surface area contributed by atoms with E-state index in [0.717, 1.165) is 0 Å². The van der Waals surface area contributed by atoms with Gasteiger partial charge in [0.05, 0.1) is 12.6 Å². The van der Waals surface area contributed by atoms with E-state index in [1.165, 1.54) is 0 Å². The molecular weight excluding hydrogens is 170 g/mol. The number of hydrogen-bond donors (Lipinski definition) is 3. The number of nitrogens with two attached hydrogens (primary N) is 1. The summed E-state index contributed by atoms with van der Waals surface area (Å²) in [5, 5.41) is 5.41. The molecule has 0 radical (unpaired) electrons. The van der Waals surface area contributed by atoms with Crippen LogP contribution in [0.2, 0.25) is 0 Å². The molecule has 0 bridgehead atoms. The molecule has 5 nitrogen and oxygen atoms in total. The number of nitrogens with one attached hydrogen (secondary N) is 2. The van der Waals surface area contributed by atoms with Gasteiger partial charge in [-0.15, -0.1) is 0 Å². The van der Waals surface area contributed by atoms with Crippen LogP contribution in [0, 0.1) is 0 Å². The molecule has 0 saturated heterocycles. The Hall–Kier alpha value is -1.10. The van der Waals surface area contributed by atoms with Gasteiger partial charge in [-0.2, -0.15) is 0 Å². The average molecular weight is 187 g/mol. The van der Waals surface area contributed by atoms with Crippen molar-refractivity contribution >= 4 is 11.8 Å². The summed E-state index contributed by atoms with van der Waals surface area (Å²) in [5.41, 5.74) is 4.91. The van der Waals surface area contributed by atoms with Crippen LogP contribution in [-0.4, -0.2) is 30.4 Å². The fourth-order valence-electron chi connectivity index (χ4n) is 0.756. The lowest BCUT2D eigenvalue weighted by atomic mass is 10.3. The van der Waals surface area contributed by atoms with E-state index in [2.05, 4.69) is 10.6 Å². The van der Waals surface area contributed by atoms with Gasteiger partial charge in [0.1, 0.15) is 0 Å². The smallest absolute Gasteiger partial charge is 0.237 e. The van der Waals surface area contributed by atoms with Crippen LogP contribution >= 0.6 is 0 Å². The van der Waals surface area contributed by atoms with E-state index in [4.69, 9.17) is 5.73 Å². The molecule has 0 aromatic rings. The monoisotopic (exact) mass is 187 g/mol. The summed E-state index contributed by atoms with van der Waals surface area (Å²) < 4.78 is 0. The molecule has 0 heterocycles. The first-order valence-electron chi connectivity index (χ1n) is 4.25. The van der Waals surface area contributed by atoms with Crippen molar-refractivity contribution in [1.82, 2.24) is 10.6 Å². The average Bonchev–Trinajstić information content (AvgIpc) is 1.98. The van der Waals surface area contributed by atoms with E-state index < -0.39 is 11.9 Å². The van der Waals surface area contributed by atoms with Gasteiger partial charge in [0.25, 0.3) is 0 Å². The predicted octanol–water partition coefficient (Wildman–Crippen LogP) is -1.03. The van der Waals surface area contributed by atoms with Gasteiger partial charge < -0.3 is 11.1 Å². The van der Waals surface area contributed by atoms with E-state index in [1.807, 2.05) is 13.8 Å². The number of hydrogen-bond acceptors (Lipinski definition) is 3. The van der Waals surface area contributed by atoms with Gasteiger partial charge in [0.2, 0.25) is 11.8 Å². The van der Waals surface area contributed by atoms with Crippen LogP contribution in [0.4, 0.5) is 0 Å². The maximum absolute atomic E-state index is 11.2. The van der Waals surface area contributed by atoms with Crippen LogP contribution in [0.3, 0.4) is 0 Å². The van der Waals surface area contributed by atoms with Crippen LogP contribution in [0.5, 0.6) is 0 Å². The van der Waals surface area contributed by atoms with Crippen molar-refractivity contribution in [1.29, 1.82) is 0 Å². The summed E-state index contributed by atoms with van der Waals surface area (Å²) in [6, 6.07) is -0.291. The Morgan fingerprint density at radius 3 is 2.23 bits per heavy atom. The second-order valence-electron chi connectivity index (χ2n) is 3.23. The zero-order chi connectivity index (χ0) is 10.4. The molecule has 0 aliphatic rings. The van der Waals surface area contributed by atoms with E-state index in [0.29, 0.717) is 0 Å². The largest absolute Gasteiger partial charge is 0.369 e. The molecular formula is C8H17N3O2. The zero-order valence-corrected chi connectivity index (χ0v) is 8.26. The second-order valence-corrected chi connectivity index (χ2v) is 3.23. The number of rotatable bonds is 5. The van der Waals surface area contributed by atoms with Crippen molar-refractivity contribution in [2.24, 2.45) is 5.73 Å². The molecule has 1 atom stereocenters. The van der Waals surface area contributed by atoms with Gasteiger partial charge in [-0.3, -0.25) is 14.9 Å². The van der Waals surface area contributed by atoms with E-state index in [-0.39, 0.29) is 18.5 Å². The highest BCUT2D eigenvalue weighted by Gasteiger charge is 2.12. The second kappa shape index (κ2) is 5.53. The molecule has 0 aliphatic carbocycles. The molecule has 5 heteroatoms. The van der Waals surface area contributed by atoms with Gasteiger partial charge in [-0.05, 0) is 20.8 Å². The number of amides is 2. The van der Waals surface area contributed by atoms with E-state index >= 15 is 0 Å². The minimum absolute atomic E-state index is 0.0205. The third kappa shape index (κ3) is 6.10. The van der Waals surface area contributed by atoms with Gasteiger partial charge in [-0.1, -0.05) is 0 Å². The number of carbonyl (C=O) groups excluding carboxylic acids is 2. The van der Waals surface area contributed by atoms with Gasteiger partial charge in [0.15, 0.2) is 0 Å². The normalized spacial score (nSPS) is 12.6. The minimum atomic E-state index is -0.468. The van der Waals surface area contributed by atoms with Crippen molar-refractivity contribution in [3.63, 3.8) is 0 Å². The first-order chi connectivity index (χ1) is 5.93. The summed E-state index contributed by atoms with van der Waals surface area (Å²) in [4.78, 5) is 21.6. The standard InChI is InChI=1S/C8H17N3O2/c1-5(2)11-8(13)6(3)10-4-7(9)12/h5-6,10H,4H2,1-3H3,(H2,9,12)(H,11,13). The summed E-state index contributed by atoms with van der Waals surface area (Å²) >= 11 is 0. The van der Waals surface area contributed by atoms with Crippen LogP contribution in [0.25, 0.3) is 0 Å². The molecule has 0 aromatic carbocycles. The van der Waals surface area contributed by atoms with Crippen LogP contribution < -0.4 is 16.4 Å². The Kier molecular flexibility index (Phi) is 5.06. The van der Waals surface area contributed by atoms with Crippen molar-refractivity contribution in [2.75, 3.05) is 6.54 Å². The van der Waals surface area contributed by atoms with Crippen molar-refractivity contribution in [3.8, 4) is 0 Å². The SMILES string of the molecule is CC(C)NC(=O)C(C)NCC(N)=O. The first kappa shape index (κ1) is 11.9. The lowest BCUT2D eigenvalue weighted by Gasteiger charge is -2.14. The summed E-state index contributed by atoms with van der Waals surface area (Å²) in [6.07, 6.45) is 0. The Bertz CT molecular complexity index is 192. The topological polar surface area (TPSA) is 84.2 Å². The number of carbonyl (C=O) groups is 2. The van der Waals surface area contributed by atoms with Gasteiger partial charge in [-0.25, -0.2) is 0 Å². The molecule has 76 valence electrons. The van der Waals surface area contributed by atoms with Gasteiger partial charge >= 0.3 is 0 Å². The third-order valence-electron chi connectivity index (χ3n) is 1.41. The van der Waals surface area contributed by atoms with Crippen molar-refractivity contribution in [2.45, 2.75) is 32.9 Å². The summed E-state index contributed by atoms with van der Waals surface area (Å²) in [5.74, 6) is -0.597. The Morgan fingerprint density at radius 1 is 1.31 bits per heavy atom. The maximum Gasteiger partial charge on any atom is 0.237 e. The molecule has 2 amide bonds. The van der Waals surface area contributed by atoms with E-state index in [9.17, 15) is 9.59 Å². The molecule has 0 fully saturated rings. The molecule has 13 heavy (non-hydrogen) atoms. The highest BCUT2D eigenvalue weighted by atomic mass is 16.2. The highest BCUT2D eigenvalue weighted by Crippen LogP contribution is 1.84. The maximum atomic E-state index is 11.2. The summed E-state index contributed by atoms with van der Waals surface area (Å²) in [6.45, 7) is 5.45. The summed E-state index contributed by atoms with van der Waals surface area (Å²) in [7, 11) is 0. The van der Waals surface area contributed by atoms with E-state index in [1.54, 1.807) is 6.92 Å². The third-order valence-corrected chi connectivity index (χ3v) is 1.41. The predicted molar refractivity (Wildman–Crippen MR) is 49.9 cm³/mol. The lowest BCUT2D eigenvalue weighted by molar-refractivity contribution is -0.123. The van der Waals surface area contributed by atoms with Gasteiger partial charge in [0, 0.05) is 6.04 Å². The molecule has 0 aliphatic heterocycles. The molecule has 4 N–H and O–H groups in total. The number of primary amides is 1. The Labute approximate surface area is 78.1 Å².